The van der Waals surface area contributed by atoms with Crippen LogP contribution in [0.1, 0.15) is 1.43 Å². The Balaban J connectivity index is -0.0000000828. The Morgan fingerprint density at radius 2 is 1.09 bits per heavy atom. The molecule has 0 radical (unpaired) electrons. The summed E-state index contributed by atoms with van der Waals surface area (Å²) in [5.41, 5.74) is 0. The Morgan fingerprint density at radius 3 is 1.23 bits per heavy atom. The quantitative estimate of drug-likeness (QED) is 0.144. The summed E-state index contributed by atoms with van der Waals surface area (Å²) in [6.07, 6.45) is 0. The van der Waals surface area contributed by atoms with Gasteiger partial charge in [-0.3, -0.25) is 4.79 Å². The van der Waals surface area contributed by atoms with E-state index in [4.69, 9.17) is 25.5 Å². The Labute approximate surface area is 158 Å². The Bertz CT molecular complexity index is 262. The van der Waals surface area contributed by atoms with Crippen molar-refractivity contribution in [3.63, 3.8) is 0 Å². The van der Waals surface area contributed by atoms with Crippen LogP contribution in [0, 0.1) is 0 Å². The molecule has 0 saturated carbocycles. The van der Waals surface area contributed by atoms with Gasteiger partial charge in [0.2, 0.25) is 0 Å². The molecule has 10 nitrogen and oxygen atoms in total. The van der Waals surface area contributed by atoms with E-state index in [-0.39, 0.29) is 62.7 Å². The van der Waals surface area contributed by atoms with Gasteiger partial charge in [0.1, 0.15) is 18.5 Å². The van der Waals surface area contributed by atoms with Crippen LogP contribution in [0.25, 0.3) is 0 Å². The van der Waals surface area contributed by atoms with Gasteiger partial charge in [0.15, 0.2) is 0 Å². The molecule has 12 heteroatoms. The number of carboxylic acids is 3. The molecule has 0 bridgehead atoms. The number of aliphatic carboxylic acids is 3. The maximum absolute atomic E-state index is 9.88. The van der Waals surface area contributed by atoms with E-state index in [1.165, 1.54) is 0 Å². The van der Waals surface area contributed by atoms with Gasteiger partial charge in [-0.15, -0.1) is 0 Å². The summed E-state index contributed by atoms with van der Waals surface area (Å²) in [6.45, 7) is -0.869. The standard InChI is InChI=1S/C6H10O6.C2H3BrO2.C2H6O2.Na.H/c7-5(8)3-11-1-2-12-4-6(9)10;3-1-2(4)5;3-1-2-4;;/h1-4H2,(H,7,8)(H,9,10);1H2,(H,4,5);3-4H,1-2H2;;/q;;;+1;-1. The molecule has 0 aliphatic heterocycles. The van der Waals surface area contributed by atoms with Crippen molar-refractivity contribution >= 4 is 33.8 Å². The van der Waals surface area contributed by atoms with Crippen molar-refractivity contribution in [3.05, 3.63) is 0 Å². The zero-order valence-electron chi connectivity index (χ0n) is 13.1. The zero-order valence-corrected chi connectivity index (χ0v) is 15.7. The smallest absolute Gasteiger partial charge is 1.00 e. The van der Waals surface area contributed by atoms with Crippen LogP contribution in [0.4, 0.5) is 0 Å². The first-order valence-electron chi connectivity index (χ1n) is 5.40. The topological polar surface area (TPSA) is 171 Å². The number of carboxylic acid groups (broad SMARTS) is 3. The van der Waals surface area contributed by atoms with E-state index >= 15 is 0 Å². The summed E-state index contributed by atoms with van der Waals surface area (Å²) in [6, 6.07) is 0. The van der Waals surface area contributed by atoms with E-state index in [1.54, 1.807) is 0 Å². The summed E-state index contributed by atoms with van der Waals surface area (Å²) in [7, 11) is 0. The van der Waals surface area contributed by atoms with E-state index in [0.717, 1.165) is 0 Å². The molecule has 0 unspecified atom stereocenters. The minimum atomic E-state index is -1.06. The fraction of sp³-hybridized carbons (Fsp3) is 0.700. The van der Waals surface area contributed by atoms with Crippen molar-refractivity contribution in [3.8, 4) is 0 Å². The molecule has 0 heterocycles. The van der Waals surface area contributed by atoms with Gasteiger partial charge in [-0.2, -0.15) is 0 Å². The van der Waals surface area contributed by atoms with Crippen molar-refractivity contribution < 1.29 is 80.4 Å². The predicted molar refractivity (Wildman–Crippen MR) is 73.6 cm³/mol. The van der Waals surface area contributed by atoms with Gasteiger partial charge < -0.3 is 36.4 Å². The zero-order chi connectivity index (χ0) is 17.1. The summed E-state index contributed by atoms with van der Waals surface area (Å²) in [4.78, 5) is 29.1. The Hall–Kier alpha value is -0.270. The van der Waals surface area contributed by atoms with Crippen molar-refractivity contribution in [2.24, 2.45) is 0 Å². The number of hydrogen-bond acceptors (Lipinski definition) is 7. The fourth-order valence-corrected chi connectivity index (χ4v) is 0.437. The normalized spacial score (nSPS) is 8.32. The van der Waals surface area contributed by atoms with Crippen LogP contribution < -0.4 is 29.6 Å². The SMILES string of the molecule is O=C(O)CBr.O=C(O)COCCOCC(=O)O.OCCO.[H-].[Na+]. The van der Waals surface area contributed by atoms with Gasteiger partial charge in [0.25, 0.3) is 0 Å². The molecule has 0 atom stereocenters. The maximum atomic E-state index is 9.88. The van der Waals surface area contributed by atoms with Crippen LogP contribution in [0.5, 0.6) is 0 Å². The molecule has 0 rings (SSSR count). The van der Waals surface area contributed by atoms with E-state index < -0.39 is 31.1 Å². The molecule has 0 amide bonds. The van der Waals surface area contributed by atoms with Crippen LogP contribution in [0.3, 0.4) is 0 Å². The van der Waals surface area contributed by atoms with Gasteiger partial charge in [-0.05, 0) is 0 Å². The van der Waals surface area contributed by atoms with Crippen molar-refractivity contribution in [2.75, 3.05) is 45.0 Å². The molecule has 0 saturated heterocycles. The van der Waals surface area contributed by atoms with Gasteiger partial charge in [-0.1, -0.05) is 15.9 Å². The van der Waals surface area contributed by atoms with Crippen LogP contribution in [0.2, 0.25) is 0 Å². The van der Waals surface area contributed by atoms with Crippen molar-refractivity contribution in [1.29, 1.82) is 0 Å². The number of carbonyl (C=O) groups is 3. The van der Waals surface area contributed by atoms with Gasteiger partial charge in [-0.25, -0.2) is 9.59 Å². The van der Waals surface area contributed by atoms with Crippen LogP contribution in [-0.4, -0.2) is 88.4 Å². The third-order valence-electron chi connectivity index (χ3n) is 1.04. The minimum Gasteiger partial charge on any atom is -1.00 e. The second kappa shape index (κ2) is 25.7. The van der Waals surface area contributed by atoms with Gasteiger partial charge >= 0.3 is 47.5 Å². The van der Waals surface area contributed by atoms with E-state index in [0.29, 0.717) is 0 Å². The molecule has 128 valence electrons. The monoisotopic (exact) mass is 402 g/mol. The van der Waals surface area contributed by atoms with Crippen LogP contribution in [0.15, 0.2) is 0 Å². The number of halogens is 1. The van der Waals surface area contributed by atoms with E-state index in [9.17, 15) is 14.4 Å². The Kier molecular flexibility index (Phi) is 34.7. The van der Waals surface area contributed by atoms with E-state index in [1.807, 2.05) is 0 Å². The molecule has 5 N–H and O–H groups in total. The van der Waals surface area contributed by atoms with Gasteiger partial charge in [0.05, 0.1) is 26.4 Å². The number of hydrogen-bond donors (Lipinski definition) is 5. The molecule has 0 aliphatic carbocycles. The maximum Gasteiger partial charge on any atom is 1.00 e. The summed E-state index contributed by atoms with van der Waals surface area (Å²) >= 11 is 2.71. The fourth-order valence-electron chi connectivity index (χ4n) is 0.437. The molecule has 0 fully saturated rings. The summed E-state index contributed by atoms with van der Waals surface area (Å²) < 4.78 is 9.12. The average Bonchev–Trinajstić information content (AvgIpc) is 2.43. The first kappa shape index (κ1) is 29.7. The molecule has 0 aliphatic rings. The average molecular weight is 403 g/mol. The molecule has 0 spiro atoms. The molecule has 0 aromatic carbocycles. The van der Waals surface area contributed by atoms with Crippen LogP contribution in [-0.2, 0) is 23.9 Å². The number of aliphatic hydroxyl groups excluding tert-OH is 2. The summed E-state index contributed by atoms with van der Waals surface area (Å²) in [5, 5.41) is 39.2. The third kappa shape index (κ3) is 50.3. The second-order valence-corrected chi connectivity index (χ2v) is 3.43. The number of ether oxygens (including phenoxy) is 2. The Morgan fingerprint density at radius 1 is 0.818 bits per heavy atom. The minimum absolute atomic E-state index is 0. The first-order chi connectivity index (χ1) is 9.81. The van der Waals surface area contributed by atoms with Gasteiger partial charge in [0, 0.05) is 0 Å². The number of rotatable bonds is 9. The van der Waals surface area contributed by atoms with Crippen LogP contribution >= 0.6 is 15.9 Å². The summed E-state index contributed by atoms with van der Waals surface area (Å²) in [5.74, 6) is -2.95. The van der Waals surface area contributed by atoms with Crippen molar-refractivity contribution in [1.82, 2.24) is 0 Å². The number of aliphatic hydroxyl groups is 2. The predicted octanol–water partition coefficient (Wildman–Crippen LogP) is -4.26. The third-order valence-corrected chi connectivity index (χ3v) is 1.52. The largest absolute Gasteiger partial charge is 1.00 e. The molecule has 0 aromatic rings. The molecule has 0 aromatic heterocycles. The molecular weight excluding hydrogens is 383 g/mol. The molecule has 22 heavy (non-hydrogen) atoms. The second-order valence-electron chi connectivity index (χ2n) is 2.87. The number of alkyl halides is 1. The van der Waals surface area contributed by atoms with E-state index in [2.05, 4.69) is 25.4 Å². The van der Waals surface area contributed by atoms with Crippen molar-refractivity contribution in [2.45, 2.75) is 0 Å². The molecular formula is C10H20BrNaO10. The first-order valence-corrected chi connectivity index (χ1v) is 6.52.